The third-order valence-corrected chi connectivity index (χ3v) is 11.3. The van der Waals surface area contributed by atoms with Crippen LogP contribution in [0.3, 0.4) is 0 Å². The van der Waals surface area contributed by atoms with Crippen LogP contribution in [0.5, 0.6) is 0 Å². The number of nitrogens with one attached hydrogen (secondary N) is 1. The fourth-order valence-electron chi connectivity index (χ4n) is 2.06. The normalized spacial score (nSPS) is 16.1. The quantitative estimate of drug-likeness (QED) is 0.746. The van der Waals surface area contributed by atoms with E-state index in [1.807, 2.05) is 46.8 Å². The van der Waals surface area contributed by atoms with E-state index in [-0.39, 0.29) is 23.7 Å². The molecule has 0 radical (unpaired) electrons. The van der Waals surface area contributed by atoms with E-state index in [2.05, 4.69) is 9.15 Å². The monoisotopic (exact) mass is 381 g/mol. The number of carbonyl (C=O) groups is 2. The molecule has 0 saturated heterocycles. The first-order valence-electron chi connectivity index (χ1n) is 7.05. The fourth-order valence-corrected chi connectivity index (χ4v) is 9.78. The summed E-state index contributed by atoms with van der Waals surface area (Å²) in [5, 5.41) is 2.81. The Labute approximate surface area is 129 Å². The zero-order chi connectivity index (χ0) is 15.3. The van der Waals surface area contributed by atoms with E-state index >= 15 is 0 Å². The molecule has 0 aromatic carbocycles. The Hall–Kier alpha value is -0.710. The van der Waals surface area contributed by atoms with Crippen molar-refractivity contribution in [1.82, 2.24) is 5.32 Å². The number of amides is 1. The summed E-state index contributed by atoms with van der Waals surface area (Å²) in [6.07, 6.45) is 4.34. The number of hydrogen-bond acceptors (Lipinski definition) is 3. The summed E-state index contributed by atoms with van der Waals surface area (Å²) >= 11 is -2.16. The number of aldehydes is 1. The van der Waals surface area contributed by atoms with Crippen LogP contribution in [0, 0.1) is 5.92 Å². The molecule has 1 aliphatic heterocycles. The Bertz CT molecular complexity index is 421. The van der Waals surface area contributed by atoms with E-state index in [9.17, 15) is 9.59 Å². The molecular weight excluding hydrogens is 357 g/mol. The van der Waals surface area contributed by atoms with E-state index in [0.717, 1.165) is 13.8 Å². The summed E-state index contributed by atoms with van der Waals surface area (Å²) in [5.74, 6) is 0.249. The Morgan fingerprint density at radius 2 is 2.10 bits per heavy atom. The number of alkyl carbamates (subject to hydrolysis) is 1. The van der Waals surface area contributed by atoms with Gasteiger partial charge in [0, 0.05) is 0 Å². The summed E-state index contributed by atoms with van der Waals surface area (Å²) < 4.78 is 9.56. The fraction of sp³-hybridized carbons (Fsp3) is 0.600. The molecule has 1 rings (SSSR count). The van der Waals surface area contributed by atoms with Gasteiger partial charge in [-0.15, -0.1) is 0 Å². The molecule has 20 heavy (non-hydrogen) atoms. The summed E-state index contributed by atoms with van der Waals surface area (Å²) in [5.41, 5.74) is -0.303. The van der Waals surface area contributed by atoms with Crippen molar-refractivity contribution in [3.8, 4) is 0 Å². The van der Waals surface area contributed by atoms with Crippen LogP contribution in [0.1, 0.15) is 34.6 Å². The molecule has 1 heterocycles. The van der Waals surface area contributed by atoms with Gasteiger partial charge in [0.05, 0.1) is 0 Å². The molecule has 4 nitrogen and oxygen atoms in total. The molecule has 0 fully saturated rings. The van der Waals surface area contributed by atoms with Crippen LogP contribution < -0.4 is 5.32 Å². The standard InChI is InChI=1S/C10H20NO2.C5H4O.In/c1-7(2)8(3)13-9(12)11-10(4,5)6;1-2-3-4-5-6;/h7-8H,3H2,1-2,4-6H3,(H,11,12);1-3,5H;/t8-;;/m0../s1. The number of ether oxygens (including phenoxy) is 1. The third-order valence-electron chi connectivity index (χ3n) is 3.16. The van der Waals surface area contributed by atoms with E-state index < -0.39 is 21.4 Å². The van der Waals surface area contributed by atoms with Crippen molar-refractivity contribution >= 4 is 33.8 Å². The SMILES string of the molecule is CC(C)[C@H]([CH2][In]1[CH]=CC=[C]1C=O)OC(=O)NC(C)(C)C. The summed E-state index contributed by atoms with van der Waals surface area (Å²) in [6, 6.07) is 0. The predicted molar refractivity (Wildman–Crippen MR) is 81.8 cm³/mol. The molecule has 1 atom stereocenters. The van der Waals surface area contributed by atoms with Crippen molar-refractivity contribution in [3.05, 3.63) is 19.3 Å². The van der Waals surface area contributed by atoms with Gasteiger partial charge in [-0.1, -0.05) is 0 Å². The van der Waals surface area contributed by atoms with Crippen LogP contribution in [0.15, 0.2) is 19.3 Å². The molecule has 0 aromatic rings. The first kappa shape index (κ1) is 17.3. The van der Waals surface area contributed by atoms with Gasteiger partial charge in [0.2, 0.25) is 0 Å². The van der Waals surface area contributed by atoms with Crippen molar-refractivity contribution in [2.45, 2.75) is 50.4 Å². The van der Waals surface area contributed by atoms with Crippen LogP contribution in [0.2, 0.25) is 4.18 Å². The molecule has 0 saturated carbocycles. The Kier molecular flexibility index (Phi) is 6.37. The zero-order valence-electron chi connectivity index (χ0n) is 13.0. The summed E-state index contributed by atoms with van der Waals surface area (Å²) in [6.45, 7) is 9.86. The zero-order valence-corrected chi connectivity index (χ0v) is 16.3. The molecule has 110 valence electrons. The molecule has 5 heteroatoms. The van der Waals surface area contributed by atoms with Crippen molar-refractivity contribution < 1.29 is 14.3 Å². The first-order valence-corrected chi connectivity index (χ1v) is 12.9. The van der Waals surface area contributed by atoms with Crippen molar-refractivity contribution in [2.24, 2.45) is 5.92 Å². The maximum atomic E-state index is 11.9. The molecule has 1 N–H and O–H groups in total. The van der Waals surface area contributed by atoms with Gasteiger partial charge in [0.25, 0.3) is 0 Å². The molecule has 1 amide bonds. The minimum atomic E-state index is -2.16. The first-order chi connectivity index (χ1) is 9.23. The third kappa shape index (κ3) is 5.73. The van der Waals surface area contributed by atoms with Crippen LogP contribution in [-0.2, 0) is 9.53 Å². The van der Waals surface area contributed by atoms with Gasteiger partial charge in [0.15, 0.2) is 0 Å². The average molecular weight is 381 g/mol. The second kappa shape index (κ2) is 7.34. The van der Waals surface area contributed by atoms with E-state index in [1.165, 1.54) is 0 Å². The molecule has 0 aromatic heterocycles. The Morgan fingerprint density at radius 1 is 1.45 bits per heavy atom. The Morgan fingerprint density at radius 3 is 2.60 bits per heavy atom. The van der Waals surface area contributed by atoms with E-state index in [0.29, 0.717) is 0 Å². The van der Waals surface area contributed by atoms with Gasteiger partial charge in [-0.2, -0.15) is 0 Å². The molecule has 1 aliphatic rings. The van der Waals surface area contributed by atoms with Gasteiger partial charge in [-0.3, -0.25) is 0 Å². The number of hydrogen-bond donors (Lipinski definition) is 1. The molecule has 0 aliphatic carbocycles. The van der Waals surface area contributed by atoms with Crippen LogP contribution in [0.25, 0.3) is 0 Å². The van der Waals surface area contributed by atoms with Crippen LogP contribution in [0.4, 0.5) is 4.79 Å². The predicted octanol–water partition coefficient (Wildman–Crippen LogP) is 2.80. The number of rotatable bonds is 5. The van der Waals surface area contributed by atoms with Gasteiger partial charge >= 0.3 is 129 Å². The second-order valence-corrected chi connectivity index (χ2v) is 14.4. The van der Waals surface area contributed by atoms with Crippen LogP contribution in [-0.4, -0.2) is 45.5 Å². The van der Waals surface area contributed by atoms with E-state index in [4.69, 9.17) is 4.74 Å². The minimum absolute atomic E-state index is 0.121. The van der Waals surface area contributed by atoms with Gasteiger partial charge in [0.1, 0.15) is 0 Å². The molecule has 0 bridgehead atoms. The van der Waals surface area contributed by atoms with E-state index in [1.54, 1.807) is 0 Å². The topological polar surface area (TPSA) is 55.4 Å². The van der Waals surface area contributed by atoms with Crippen LogP contribution >= 0.6 is 0 Å². The maximum absolute atomic E-state index is 11.9. The average Bonchev–Trinajstić information content (AvgIpc) is 2.72. The van der Waals surface area contributed by atoms with Gasteiger partial charge < -0.3 is 0 Å². The number of allylic oxidation sites excluding steroid dienone is 3. The van der Waals surface area contributed by atoms with Crippen molar-refractivity contribution in [1.29, 1.82) is 0 Å². The molecule has 0 spiro atoms. The number of carbonyl (C=O) groups excluding carboxylic acids is 2. The van der Waals surface area contributed by atoms with Gasteiger partial charge in [-0.05, 0) is 0 Å². The van der Waals surface area contributed by atoms with Crippen molar-refractivity contribution in [3.63, 3.8) is 0 Å². The molecular formula is C15H24InNO3. The Balaban J connectivity index is 2.62. The second-order valence-electron chi connectivity index (χ2n) is 6.57. The van der Waals surface area contributed by atoms with Gasteiger partial charge in [-0.25, -0.2) is 0 Å². The van der Waals surface area contributed by atoms with Crippen molar-refractivity contribution in [2.75, 3.05) is 0 Å². The molecule has 0 unspecified atom stereocenters. The summed E-state index contributed by atoms with van der Waals surface area (Å²) in [4.78, 5) is 22.9. The summed E-state index contributed by atoms with van der Waals surface area (Å²) in [7, 11) is 0.